The molecule has 0 spiro atoms. The number of anilines is 1. The summed E-state index contributed by atoms with van der Waals surface area (Å²) in [5.74, 6) is -1.03. The summed E-state index contributed by atoms with van der Waals surface area (Å²) in [7, 11) is 1.64. The van der Waals surface area contributed by atoms with E-state index in [9.17, 15) is 24.8 Å². The highest BCUT2D eigenvalue weighted by atomic mass is 19.1. The van der Waals surface area contributed by atoms with Crippen molar-refractivity contribution in [2.45, 2.75) is 44.7 Å². The minimum Gasteiger partial charge on any atom is -0.465 e. The van der Waals surface area contributed by atoms with Crippen LogP contribution in [0.4, 0.5) is 20.6 Å². The lowest BCUT2D eigenvalue weighted by Crippen LogP contribution is -2.49. The number of carbonyl (C=O) groups excluding carboxylic acids is 1. The van der Waals surface area contributed by atoms with Gasteiger partial charge in [-0.25, -0.2) is 9.18 Å². The van der Waals surface area contributed by atoms with Gasteiger partial charge in [-0.05, 0) is 49.9 Å². The molecule has 0 aliphatic carbocycles. The number of ether oxygens (including phenoxy) is 1. The highest BCUT2D eigenvalue weighted by molar-refractivity contribution is 5.86. The average molecular weight is 582 g/mol. The number of likely N-dealkylation sites (tertiary alicyclic amines) is 1. The van der Waals surface area contributed by atoms with E-state index in [4.69, 9.17) is 4.74 Å². The van der Waals surface area contributed by atoms with Gasteiger partial charge in [0.15, 0.2) is 0 Å². The van der Waals surface area contributed by atoms with E-state index >= 15 is 4.39 Å². The molecule has 0 saturated carbocycles. The van der Waals surface area contributed by atoms with Gasteiger partial charge in [-0.1, -0.05) is 12.1 Å². The zero-order valence-corrected chi connectivity index (χ0v) is 23.8. The van der Waals surface area contributed by atoms with E-state index in [-0.39, 0.29) is 36.4 Å². The maximum absolute atomic E-state index is 15.1. The second kappa shape index (κ2) is 12.4. The number of aryl methyl sites for hydroxylation is 2. The molecule has 1 unspecified atom stereocenters. The minimum atomic E-state index is -1.21. The van der Waals surface area contributed by atoms with Crippen LogP contribution >= 0.6 is 0 Å². The molecule has 2 aromatic carbocycles. The number of rotatable bonds is 9. The molecule has 3 aromatic rings. The summed E-state index contributed by atoms with van der Waals surface area (Å²) in [5.41, 5.74) is 3.26. The Balaban J connectivity index is 1.40. The van der Waals surface area contributed by atoms with E-state index < -0.39 is 23.0 Å². The van der Waals surface area contributed by atoms with Crippen LogP contribution in [0.1, 0.15) is 36.4 Å². The number of aromatic nitrogens is 1. The van der Waals surface area contributed by atoms with Crippen molar-refractivity contribution in [3.63, 3.8) is 0 Å². The van der Waals surface area contributed by atoms with Crippen molar-refractivity contribution < 1.29 is 28.7 Å². The lowest BCUT2D eigenvalue weighted by molar-refractivity contribution is -0.384. The number of nitrogens with zero attached hydrogens (tertiary/aromatic N) is 4. The van der Waals surface area contributed by atoms with Crippen LogP contribution in [0.5, 0.6) is 0 Å². The van der Waals surface area contributed by atoms with Crippen molar-refractivity contribution in [3.8, 4) is 0 Å². The predicted octanol–water partition coefficient (Wildman–Crippen LogP) is 4.51. The number of carbonyl (C=O) groups is 2. The number of halogens is 1. The first-order chi connectivity index (χ1) is 20.2. The van der Waals surface area contributed by atoms with Gasteiger partial charge >= 0.3 is 6.09 Å². The highest BCUT2D eigenvalue weighted by Gasteiger charge is 2.42. The number of para-hydroxylation sites is 1. The smallest absolute Gasteiger partial charge is 0.404 e. The lowest BCUT2D eigenvalue weighted by Gasteiger charge is -2.36. The summed E-state index contributed by atoms with van der Waals surface area (Å²) in [4.78, 5) is 39.9. The second-order valence-corrected chi connectivity index (χ2v) is 11.1. The fraction of sp³-hybridized carbons (Fsp3) is 0.467. The van der Waals surface area contributed by atoms with E-state index in [0.717, 1.165) is 35.9 Å². The van der Waals surface area contributed by atoms with Gasteiger partial charge in [0.1, 0.15) is 5.82 Å². The molecular formula is C30H36FN5O6. The number of carboxylic acid groups (broad SMARTS) is 1. The maximum atomic E-state index is 15.1. The Morgan fingerprint density at radius 1 is 1.17 bits per heavy atom. The van der Waals surface area contributed by atoms with Crippen LogP contribution < -0.4 is 10.2 Å². The summed E-state index contributed by atoms with van der Waals surface area (Å²) < 4.78 is 22.4. The van der Waals surface area contributed by atoms with Gasteiger partial charge < -0.3 is 29.5 Å². The Morgan fingerprint density at radius 2 is 1.93 bits per heavy atom. The number of nitrogens with one attached hydrogen (secondary N) is 1. The standard InChI is InChI=1S/C30H36FN5O6/c1-19-23-7-3-8-25(31)28(23)35(14-5-15-42-2)27(19)20-6-4-13-33(16-20)29(37)24-17-34(18-26(24)32-30(38)39)21-9-11-22(12-10-21)36(40)41/h3,7-12,20,24,26,32H,4-6,13-18H2,1-2H3,(H,38,39)/t20?,24-,26+/m0/s1. The van der Waals surface area contributed by atoms with Gasteiger partial charge in [-0.2, -0.15) is 0 Å². The lowest BCUT2D eigenvalue weighted by atomic mass is 9.90. The van der Waals surface area contributed by atoms with E-state index in [1.54, 1.807) is 25.3 Å². The zero-order valence-electron chi connectivity index (χ0n) is 23.8. The third kappa shape index (κ3) is 5.76. The van der Waals surface area contributed by atoms with E-state index in [2.05, 4.69) is 9.88 Å². The van der Waals surface area contributed by atoms with Gasteiger partial charge in [-0.15, -0.1) is 0 Å². The largest absolute Gasteiger partial charge is 0.465 e. The molecule has 1 aromatic heterocycles. The van der Waals surface area contributed by atoms with E-state index in [0.29, 0.717) is 37.4 Å². The van der Waals surface area contributed by atoms with Crippen molar-refractivity contribution in [1.29, 1.82) is 0 Å². The van der Waals surface area contributed by atoms with Gasteiger partial charge in [0, 0.05) is 81.3 Å². The normalized spacial score (nSPS) is 20.7. The highest BCUT2D eigenvalue weighted by Crippen LogP contribution is 2.37. The number of piperidine rings is 1. The van der Waals surface area contributed by atoms with E-state index in [1.807, 2.05) is 22.8 Å². The molecule has 2 aliphatic heterocycles. The fourth-order valence-corrected chi connectivity index (χ4v) is 6.67. The number of non-ortho nitro benzene ring substituents is 1. The Morgan fingerprint density at radius 3 is 2.62 bits per heavy atom. The molecule has 2 saturated heterocycles. The van der Waals surface area contributed by atoms with Gasteiger partial charge in [0.25, 0.3) is 5.69 Å². The first-order valence-electron chi connectivity index (χ1n) is 14.2. The molecule has 12 heteroatoms. The second-order valence-electron chi connectivity index (χ2n) is 11.1. The van der Waals surface area contributed by atoms with Crippen molar-refractivity contribution in [1.82, 2.24) is 14.8 Å². The molecule has 2 N–H and O–H groups in total. The summed E-state index contributed by atoms with van der Waals surface area (Å²) in [6.45, 7) is 4.71. The summed E-state index contributed by atoms with van der Waals surface area (Å²) in [6, 6.07) is 10.5. The number of hydrogen-bond donors (Lipinski definition) is 2. The third-order valence-electron chi connectivity index (χ3n) is 8.56. The van der Waals surface area contributed by atoms with Crippen LogP contribution in [0.15, 0.2) is 42.5 Å². The van der Waals surface area contributed by atoms with E-state index in [1.165, 1.54) is 18.2 Å². The number of amides is 2. The average Bonchev–Trinajstić information content (AvgIpc) is 3.51. The van der Waals surface area contributed by atoms with Crippen LogP contribution in [0.2, 0.25) is 0 Å². The van der Waals surface area contributed by atoms with Crippen molar-refractivity contribution in [3.05, 3.63) is 69.7 Å². The number of methoxy groups -OCH3 is 1. The van der Waals surface area contributed by atoms with Gasteiger partial charge in [-0.3, -0.25) is 14.9 Å². The fourth-order valence-electron chi connectivity index (χ4n) is 6.67. The quantitative estimate of drug-likeness (QED) is 0.216. The predicted molar refractivity (Wildman–Crippen MR) is 155 cm³/mol. The molecule has 2 amide bonds. The number of nitro groups is 1. The molecule has 3 atom stereocenters. The molecule has 0 radical (unpaired) electrons. The van der Waals surface area contributed by atoms with Crippen LogP contribution in [-0.2, 0) is 16.1 Å². The molecule has 5 rings (SSSR count). The summed E-state index contributed by atoms with van der Waals surface area (Å²) in [6.07, 6.45) is 1.13. The first-order valence-corrected chi connectivity index (χ1v) is 14.2. The molecular weight excluding hydrogens is 545 g/mol. The SMILES string of the molecule is COCCCn1c(C2CCCN(C(=O)[C@H]3CN(c4ccc([N+](=O)[O-])cc4)C[C@H]3NC(=O)O)C2)c(C)c2cccc(F)c21. The molecule has 42 heavy (non-hydrogen) atoms. The Bertz CT molecular complexity index is 1480. The van der Waals surface area contributed by atoms with Gasteiger partial charge in [0.05, 0.1) is 22.4 Å². The van der Waals surface area contributed by atoms with Crippen molar-refractivity contribution in [2.75, 3.05) is 44.8 Å². The molecule has 0 bridgehead atoms. The molecule has 11 nitrogen and oxygen atoms in total. The number of benzene rings is 2. The van der Waals surface area contributed by atoms with Crippen LogP contribution in [0, 0.1) is 28.8 Å². The third-order valence-corrected chi connectivity index (χ3v) is 8.56. The molecule has 2 fully saturated rings. The van der Waals surface area contributed by atoms with Gasteiger partial charge in [0.2, 0.25) is 5.91 Å². The number of nitro benzene ring substituents is 1. The molecule has 224 valence electrons. The summed E-state index contributed by atoms with van der Waals surface area (Å²) in [5, 5.41) is 23.9. The molecule has 2 aliphatic rings. The monoisotopic (exact) mass is 581 g/mol. The Kier molecular flexibility index (Phi) is 8.62. The summed E-state index contributed by atoms with van der Waals surface area (Å²) >= 11 is 0. The topological polar surface area (TPSA) is 130 Å². The van der Waals surface area contributed by atoms with Crippen molar-refractivity contribution in [2.24, 2.45) is 5.92 Å². The molecule has 3 heterocycles. The van der Waals surface area contributed by atoms with Crippen LogP contribution in [0.3, 0.4) is 0 Å². The Hall–Kier alpha value is -4.19. The van der Waals surface area contributed by atoms with Crippen LogP contribution in [-0.4, -0.2) is 77.4 Å². The first kappa shape index (κ1) is 29.3. The zero-order chi connectivity index (χ0) is 30.0. The van der Waals surface area contributed by atoms with Crippen LogP contribution in [0.25, 0.3) is 10.9 Å². The Labute approximate surface area is 243 Å². The number of hydrogen-bond acceptors (Lipinski definition) is 6. The minimum absolute atomic E-state index is 0.00453. The number of fused-ring (bicyclic) bond motifs is 1. The maximum Gasteiger partial charge on any atom is 0.404 e. The van der Waals surface area contributed by atoms with Crippen molar-refractivity contribution >= 4 is 34.3 Å².